The maximum absolute atomic E-state index is 12.4. The lowest BCUT2D eigenvalue weighted by molar-refractivity contribution is -0.148. The van der Waals surface area contributed by atoms with Gasteiger partial charge in [0.05, 0.1) is 22.6 Å². The van der Waals surface area contributed by atoms with Crippen LogP contribution in [-0.4, -0.2) is 49.6 Å². The first kappa shape index (κ1) is 26.6. The van der Waals surface area contributed by atoms with Crippen LogP contribution in [0.25, 0.3) is 6.08 Å². The van der Waals surface area contributed by atoms with Crippen molar-refractivity contribution in [2.45, 2.75) is 36.0 Å². The highest BCUT2D eigenvalue weighted by molar-refractivity contribution is 7.99. The second-order valence-electron chi connectivity index (χ2n) is 8.80. The number of amides is 1. The number of hydrogen-bond acceptors (Lipinski definition) is 5. The van der Waals surface area contributed by atoms with Gasteiger partial charge in [0.25, 0.3) is 0 Å². The zero-order valence-corrected chi connectivity index (χ0v) is 22.6. The fraction of sp³-hybridized carbons (Fsp3) is 0.357. The molecule has 1 fully saturated rings. The van der Waals surface area contributed by atoms with Crippen LogP contribution < -0.4 is 4.90 Å². The van der Waals surface area contributed by atoms with Gasteiger partial charge in [-0.05, 0) is 62.1 Å². The second-order valence-corrected chi connectivity index (χ2v) is 10.7. The van der Waals surface area contributed by atoms with E-state index in [1.54, 1.807) is 17.1 Å². The van der Waals surface area contributed by atoms with Crippen molar-refractivity contribution in [3.05, 3.63) is 70.2 Å². The Morgan fingerprint density at radius 3 is 2.78 bits per heavy atom. The molecule has 0 radical (unpaired) electrons. The van der Waals surface area contributed by atoms with Crippen LogP contribution in [0.5, 0.6) is 0 Å². The van der Waals surface area contributed by atoms with Crippen molar-refractivity contribution in [1.29, 1.82) is 0 Å². The third-order valence-corrected chi connectivity index (χ3v) is 8.36. The summed E-state index contributed by atoms with van der Waals surface area (Å²) < 4.78 is 5.24. The van der Waals surface area contributed by atoms with Crippen molar-refractivity contribution in [3.63, 3.8) is 0 Å². The van der Waals surface area contributed by atoms with Crippen LogP contribution >= 0.6 is 35.0 Å². The van der Waals surface area contributed by atoms with E-state index >= 15 is 0 Å². The maximum atomic E-state index is 12.4. The lowest BCUT2D eigenvalue weighted by Crippen LogP contribution is -2.39. The first-order chi connectivity index (χ1) is 17.5. The number of benzene rings is 2. The van der Waals surface area contributed by atoms with Crippen LogP contribution in [0.1, 0.15) is 31.7 Å². The number of ether oxygens (including phenoxy) is 1. The number of piperidine rings is 1. The molecule has 0 N–H and O–H groups in total. The zero-order chi connectivity index (χ0) is 25.5. The number of esters is 1. The molecule has 1 atom stereocenters. The Morgan fingerprint density at radius 1 is 1.14 bits per heavy atom. The minimum absolute atomic E-state index is 0.0373. The minimum Gasteiger partial charge on any atom is -0.466 e. The summed E-state index contributed by atoms with van der Waals surface area (Å²) in [5.74, 6) is -0.246. The van der Waals surface area contributed by atoms with Gasteiger partial charge >= 0.3 is 5.97 Å². The fourth-order valence-electron chi connectivity index (χ4n) is 4.40. The molecule has 2 aromatic rings. The fourth-order valence-corrected chi connectivity index (χ4v) is 5.88. The van der Waals surface area contributed by atoms with Crippen molar-refractivity contribution < 1.29 is 14.3 Å². The second kappa shape index (κ2) is 12.7. The standard InChI is InChI=1S/C28H30Cl2N2O3S/c1-2-35-28(34)21-8-7-17-32(19-21)22-9-6-10-23(18-22)36-24-13-11-20(26(29)27(24)30)12-14-25(33)31-15-4-3-5-16-31/h3-4,6,9-14,18,21H,2,5,7-8,15-17,19H2,1H3. The van der Waals surface area contributed by atoms with E-state index in [-0.39, 0.29) is 17.8 Å². The van der Waals surface area contributed by atoms with Gasteiger partial charge in [-0.25, -0.2) is 0 Å². The summed E-state index contributed by atoms with van der Waals surface area (Å²) >= 11 is 14.7. The lowest BCUT2D eigenvalue weighted by atomic mass is 9.97. The van der Waals surface area contributed by atoms with Crippen LogP contribution in [-0.2, 0) is 14.3 Å². The quantitative estimate of drug-likeness (QED) is 0.220. The van der Waals surface area contributed by atoms with Gasteiger partial charge in [-0.3, -0.25) is 9.59 Å². The predicted octanol–water partition coefficient (Wildman–Crippen LogP) is 6.73. The number of carbonyl (C=O) groups is 2. The molecule has 8 heteroatoms. The molecule has 1 saturated heterocycles. The van der Waals surface area contributed by atoms with Gasteiger partial charge in [0, 0.05) is 47.7 Å². The van der Waals surface area contributed by atoms with Crippen molar-refractivity contribution in [3.8, 4) is 0 Å². The van der Waals surface area contributed by atoms with E-state index in [1.807, 2.05) is 37.3 Å². The van der Waals surface area contributed by atoms with E-state index in [4.69, 9.17) is 27.9 Å². The molecule has 4 rings (SSSR count). The van der Waals surface area contributed by atoms with Gasteiger partial charge in [-0.15, -0.1) is 0 Å². The SMILES string of the molecule is CCOC(=O)C1CCCN(c2cccc(Sc3ccc(C=CC(=O)N4CC=CCC4)c(Cl)c3Cl)c2)C1. The molecule has 190 valence electrons. The number of nitrogens with zero attached hydrogens (tertiary/aromatic N) is 2. The highest BCUT2D eigenvalue weighted by Gasteiger charge is 2.27. The number of hydrogen-bond donors (Lipinski definition) is 0. The lowest BCUT2D eigenvalue weighted by Gasteiger charge is -2.33. The van der Waals surface area contributed by atoms with E-state index in [1.165, 1.54) is 11.8 Å². The smallest absolute Gasteiger partial charge is 0.310 e. The normalized spacial score (nSPS) is 18.0. The number of halogens is 2. The van der Waals surface area contributed by atoms with Gasteiger partial charge < -0.3 is 14.5 Å². The molecule has 0 aliphatic carbocycles. The summed E-state index contributed by atoms with van der Waals surface area (Å²) in [6.45, 7) is 5.17. The molecule has 5 nitrogen and oxygen atoms in total. The maximum Gasteiger partial charge on any atom is 0.310 e. The summed E-state index contributed by atoms with van der Waals surface area (Å²) in [6.07, 6.45) is 10.1. The largest absolute Gasteiger partial charge is 0.466 e. The Hall–Kier alpha value is -2.41. The Morgan fingerprint density at radius 2 is 2.00 bits per heavy atom. The molecule has 0 saturated carbocycles. The Kier molecular flexibility index (Phi) is 9.41. The van der Waals surface area contributed by atoms with E-state index in [0.29, 0.717) is 35.3 Å². The molecular formula is C28H30Cl2N2O3S. The Labute approximate surface area is 227 Å². The van der Waals surface area contributed by atoms with E-state index in [9.17, 15) is 9.59 Å². The molecule has 36 heavy (non-hydrogen) atoms. The molecule has 1 unspecified atom stereocenters. The van der Waals surface area contributed by atoms with Crippen LogP contribution in [0.15, 0.2) is 64.4 Å². The van der Waals surface area contributed by atoms with E-state index in [0.717, 1.165) is 47.8 Å². The van der Waals surface area contributed by atoms with Crippen molar-refractivity contribution in [2.24, 2.45) is 5.92 Å². The molecule has 0 bridgehead atoms. The topological polar surface area (TPSA) is 49.9 Å². The van der Waals surface area contributed by atoms with E-state index in [2.05, 4.69) is 23.1 Å². The molecule has 0 spiro atoms. The Balaban J connectivity index is 1.44. The molecular weight excluding hydrogens is 515 g/mol. The van der Waals surface area contributed by atoms with Crippen LogP contribution in [0.3, 0.4) is 0 Å². The van der Waals surface area contributed by atoms with Gasteiger partial charge in [0.2, 0.25) is 5.91 Å². The number of anilines is 1. The van der Waals surface area contributed by atoms with Crippen molar-refractivity contribution in [2.75, 3.05) is 37.7 Å². The van der Waals surface area contributed by atoms with Crippen molar-refractivity contribution in [1.82, 2.24) is 4.90 Å². The molecule has 2 aliphatic heterocycles. The molecule has 1 amide bonds. The third-order valence-electron chi connectivity index (χ3n) is 6.30. The summed E-state index contributed by atoms with van der Waals surface area (Å²) in [6, 6.07) is 12.0. The summed E-state index contributed by atoms with van der Waals surface area (Å²) in [5, 5.41) is 0.886. The minimum atomic E-state index is -0.113. The summed E-state index contributed by atoms with van der Waals surface area (Å²) in [7, 11) is 0. The summed E-state index contributed by atoms with van der Waals surface area (Å²) in [5.41, 5.74) is 1.78. The van der Waals surface area contributed by atoms with Gasteiger partial charge in [0.15, 0.2) is 0 Å². The zero-order valence-electron chi connectivity index (χ0n) is 20.3. The Bertz CT molecular complexity index is 1170. The molecule has 2 aromatic carbocycles. The average molecular weight is 546 g/mol. The molecule has 2 heterocycles. The van der Waals surface area contributed by atoms with Gasteiger partial charge in [-0.1, -0.05) is 59.2 Å². The third kappa shape index (κ3) is 6.67. The van der Waals surface area contributed by atoms with Crippen LogP contribution in [0, 0.1) is 5.92 Å². The number of rotatable bonds is 7. The number of carbonyl (C=O) groups excluding carboxylic acids is 2. The van der Waals surface area contributed by atoms with Gasteiger partial charge in [-0.2, -0.15) is 0 Å². The first-order valence-electron chi connectivity index (χ1n) is 12.3. The highest BCUT2D eigenvalue weighted by Crippen LogP contribution is 2.40. The average Bonchev–Trinajstić information content (AvgIpc) is 2.91. The molecule has 0 aromatic heterocycles. The highest BCUT2D eigenvalue weighted by atomic mass is 35.5. The predicted molar refractivity (Wildman–Crippen MR) is 148 cm³/mol. The summed E-state index contributed by atoms with van der Waals surface area (Å²) in [4.78, 5) is 30.6. The van der Waals surface area contributed by atoms with Crippen molar-refractivity contribution >= 4 is 58.6 Å². The van der Waals surface area contributed by atoms with E-state index < -0.39 is 0 Å². The van der Waals surface area contributed by atoms with Crippen LogP contribution in [0.4, 0.5) is 5.69 Å². The first-order valence-corrected chi connectivity index (χ1v) is 13.8. The van der Waals surface area contributed by atoms with Gasteiger partial charge in [0.1, 0.15) is 0 Å². The molecule has 2 aliphatic rings. The van der Waals surface area contributed by atoms with Crippen LogP contribution in [0.2, 0.25) is 10.0 Å². The monoisotopic (exact) mass is 544 g/mol.